The largest absolute Gasteiger partial charge is 0.497 e. The lowest BCUT2D eigenvalue weighted by Gasteiger charge is -2.16. The summed E-state index contributed by atoms with van der Waals surface area (Å²) < 4.78 is 16.1. The first-order chi connectivity index (χ1) is 13.5. The molecule has 1 N–H and O–H groups in total. The van der Waals surface area contributed by atoms with E-state index in [4.69, 9.17) is 14.0 Å². The third kappa shape index (κ3) is 4.49. The minimum absolute atomic E-state index is 0.127. The van der Waals surface area contributed by atoms with E-state index >= 15 is 0 Å². The average Bonchev–Trinajstić information content (AvgIpc) is 3.18. The van der Waals surface area contributed by atoms with E-state index in [0.29, 0.717) is 17.5 Å². The molecule has 0 fully saturated rings. The van der Waals surface area contributed by atoms with Crippen molar-refractivity contribution < 1.29 is 18.8 Å². The summed E-state index contributed by atoms with van der Waals surface area (Å²) in [5.74, 6) is 1.95. The maximum atomic E-state index is 12.3. The summed E-state index contributed by atoms with van der Waals surface area (Å²) in [7, 11) is 1.61. The third-order valence-electron chi connectivity index (χ3n) is 4.46. The second kappa shape index (κ2) is 8.56. The number of hydrogen-bond donors (Lipinski definition) is 1. The quantitative estimate of drug-likeness (QED) is 0.675. The van der Waals surface area contributed by atoms with Crippen LogP contribution in [0.15, 0.2) is 47.0 Å². The molecule has 0 aliphatic carbocycles. The lowest BCUT2D eigenvalue weighted by Crippen LogP contribution is -2.36. The number of benzene rings is 2. The van der Waals surface area contributed by atoms with Crippen LogP contribution in [0.1, 0.15) is 23.9 Å². The standard InChI is InChI=1S/C21H23N3O4/c1-13-6-5-7-18(14(13)2)27-15(3)21(25)22-12-19-23-20(24-28-19)16-8-10-17(26-4)11-9-16/h5-11,15H,12H2,1-4H3,(H,22,25). The number of carbonyl (C=O) groups excluding carboxylic acids is 1. The Bertz CT molecular complexity index is 951. The molecule has 0 aliphatic heterocycles. The Hall–Kier alpha value is -3.35. The minimum Gasteiger partial charge on any atom is -0.497 e. The first-order valence-electron chi connectivity index (χ1n) is 8.95. The summed E-state index contributed by atoms with van der Waals surface area (Å²) in [6.45, 7) is 5.80. The van der Waals surface area contributed by atoms with Crippen LogP contribution in [0.2, 0.25) is 0 Å². The summed E-state index contributed by atoms with van der Waals surface area (Å²) in [6, 6.07) is 13.1. The van der Waals surface area contributed by atoms with E-state index in [9.17, 15) is 4.79 Å². The molecule has 2 aromatic carbocycles. The SMILES string of the molecule is COc1ccc(-c2noc(CNC(=O)C(C)Oc3cccc(C)c3C)n2)cc1. The molecule has 7 nitrogen and oxygen atoms in total. The van der Waals surface area contributed by atoms with Crippen molar-refractivity contribution in [1.29, 1.82) is 0 Å². The molecule has 1 unspecified atom stereocenters. The Morgan fingerprint density at radius 1 is 1.18 bits per heavy atom. The molecule has 0 bridgehead atoms. The van der Waals surface area contributed by atoms with Gasteiger partial charge in [-0.05, 0) is 62.2 Å². The fraction of sp³-hybridized carbons (Fsp3) is 0.286. The molecule has 3 rings (SSSR count). The first-order valence-corrected chi connectivity index (χ1v) is 8.95. The van der Waals surface area contributed by atoms with Gasteiger partial charge in [0.25, 0.3) is 5.91 Å². The van der Waals surface area contributed by atoms with Crippen molar-refractivity contribution in [3.05, 3.63) is 59.5 Å². The van der Waals surface area contributed by atoms with Crippen molar-refractivity contribution >= 4 is 5.91 Å². The molecular formula is C21H23N3O4. The number of carbonyl (C=O) groups is 1. The van der Waals surface area contributed by atoms with Crippen molar-refractivity contribution in [2.45, 2.75) is 33.4 Å². The molecule has 0 aliphatic rings. The van der Waals surface area contributed by atoms with E-state index in [1.807, 2.05) is 56.3 Å². The van der Waals surface area contributed by atoms with Crippen LogP contribution in [0.4, 0.5) is 0 Å². The van der Waals surface area contributed by atoms with Gasteiger partial charge < -0.3 is 19.3 Å². The van der Waals surface area contributed by atoms with E-state index in [-0.39, 0.29) is 12.5 Å². The van der Waals surface area contributed by atoms with Crippen LogP contribution in [-0.4, -0.2) is 29.3 Å². The van der Waals surface area contributed by atoms with Crippen LogP contribution in [0.5, 0.6) is 11.5 Å². The molecule has 1 amide bonds. The minimum atomic E-state index is -0.649. The van der Waals surface area contributed by atoms with Gasteiger partial charge in [0.05, 0.1) is 13.7 Å². The molecule has 146 valence electrons. The van der Waals surface area contributed by atoms with Gasteiger partial charge in [-0.2, -0.15) is 4.98 Å². The van der Waals surface area contributed by atoms with E-state index in [1.54, 1.807) is 14.0 Å². The van der Waals surface area contributed by atoms with Crippen LogP contribution in [0, 0.1) is 13.8 Å². The van der Waals surface area contributed by atoms with Crippen molar-refractivity contribution in [2.75, 3.05) is 7.11 Å². The zero-order valence-corrected chi connectivity index (χ0v) is 16.4. The smallest absolute Gasteiger partial charge is 0.261 e. The highest BCUT2D eigenvalue weighted by atomic mass is 16.5. The lowest BCUT2D eigenvalue weighted by atomic mass is 10.1. The maximum Gasteiger partial charge on any atom is 0.261 e. The van der Waals surface area contributed by atoms with Crippen molar-refractivity contribution in [1.82, 2.24) is 15.5 Å². The van der Waals surface area contributed by atoms with Crippen LogP contribution in [0.3, 0.4) is 0 Å². The highest BCUT2D eigenvalue weighted by Crippen LogP contribution is 2.22. The van der Waals surface area contributed by atoms with Gasteiger partial charge in [0, 0.05) is 5.56 Å². The van der Waals surface area contributed by atoms with E-state index in [0.717, 1.165) is 22.4 Å². The van der Waals surface area contributed by atoms with Crippen LogP contribution in [0.25, 0.3) is 11.4 Å². The number of hydrogen-bond acceptors (Lipinski definition) is 6. The van der Waals surface area contributed by atoms with Gasteiger partial charge in [-0.15, -0.1) is 0 Å². The summed E-state index contributed by atoms with van der Waals surface area (Å²) in [6.07, 6.45) is -0.649. The lowest BCUT2D eigenvalue weighted by molar-refractivity contribution is -0.127. The van der Waals surface area contributed by atoms with Gasteiger partial charge in [0.2, 0.25) is 11.7 Å². The van der Waals surface area contributed by atoms with Gasteiger partial charge in [0.1, 0.15) is 11.5 Å². The molecule has 0 saturated carbocycles. The second-order valence-electron chi connectivity index (χ2n) is 6.42. The van der Waals surface area contributed by atoms with Crippen molar-refractivity contribution in [3.8, 4) is 22.9 Å². The zero-order valence-electron chi connectivity index (χ0n) is 16.4. The van der Waals surface area contributed by atoms with Crippen molar-refractivity contribution in [2.24, 2.45) is 0 Å². The molecule has 1 atom stereocenters. The highest BCUT2D eigenvalue weighted by Gasteiger charge is 2.17. The number of aromatic nitrogens is 2. The number of rotatable bonds is 7. The number of aryl methyl sites for hydroxylation is 1. The molecule has 7 heteroatoms. The van der Waals surface area contributed by atoms with E-state index in [2.05, 4.69) is 15.5 Å². The Morgan fingerprint density at radius 3 is 2.64 bits per heavy atom. The molecule has 1 heterocycles. The Balaban J connectivity index is 1.57. The molecule has 3 aromatic rings. The van der Waals surface area contributed by atoms with Gasteiger partial charge >= 0.3 is 0 Å². The predicted molar refractivity (Wildman–Crippen MR) is 104 cm³/mol. The number of ether oxygens (including phenoxy) is 2. The topological polar surface area (TPSA) is 86.5 Å². The molecule has 0 saturated heterocycles. The monoisotopic (exact) mass is 381 g/mol. The molecule has 1 aromatic heterocycles. The number of methoxy groups -OCH3 is 1. The normalized spacial score (nSPS) is 11.7. The second-order valence-corrected chi connectivity index (χ2v) is 6.42. The van der Waals surface area contributed by atoms with Gasteiger partial charge in [-0.25, -0.2) is 0 Å². The molecule has 0 radical (unpaired) electrons. The van der Waals surface area contributed by atoms with Crippen LogP contribution in [-0.2, 0) is 11.3 Å². The Kier molecular flexibility index (Phi) is 5.93. The zero-order chi connectivity index (χ0) is 20.1. The summed E-state index contributed by atoms with van der Waals surface area (Å²) in [5, 5.41) is 6.70. The summed E-state index contributed by atoms with van der Waals surface area (Å²) in [5.41, 5.74) is 2.93. The predicted octanol–water partition coefficient (Wildman–Crippen LogP) is 3.45. The van der Waals surface area contributed by atoms with Crippen molar-refractivity contribution in [3.63, 3.8) is 0 Å². The fourth-order valence-corrected chi connectivity index (χ4v) is 2.59. The Morgan fingerprint density at radius 2 is 1.93 bits per heavy atom. The molecular weight excluding hydrogens is 358 g/mol. The van der Waals surface area contributed by atoms with Gasteiger partial charge in [-0.1, -0.05) is 17.3 Å². The van der Waals surface area contributed by atoms with Crippen LogP contribution >= 0.6 is 0 Å². The highest BCUT2D eigenvalue weighted by molar-refractivity contribution is 5.80. The fourth-order valence-electron chi connectivity index (χ4n) is 2.59. The number of nitrogens with zero attached hydrogens (tertiary/aromatic N) is 2. The molecule has 28 heavy (non-hydrogen) atoms. The van der Waals surface area contributed by atoms with Crippen LogP contribution < -0.4 is 14.8 Å². The van der Waals surface area contributed by atoms with Gasteiger partial charge in [0.15, 0.2) is 6.10 Å². The summed E-state index contributed by atoms with van der Waals surface area (Å²) in [4.78, 5) is 16.6. The third-order valence-corrected chi connectivity index (χ3v) is 4.46. The maximum absolute atomic E-state index is 12.3. The average molecular weight is 381 g/mol. The first kappa shape index (κ1) is 19.4. The summed E-state index contributed by atoms with van der Waals surface area (Å²) >= 11 is 0. The number of nitrogens with one attached hydrogen (secondary N) is 1. The van der Waals surface area contributed by atoms with E-state index < -0.39 is 6.10 Å². The number of amides is 1. The van der Waals surface area contributed by atoms with Gasteiger partial charge in [-0.3, -0.25) is 4.79 Å². The van der Waals surface area contributed by atoms with E-state index in [1.165, 1.54) is 0 Å². The Labute approximate surface area is 163 Å². The molecule has 0 spiro atoms.